The van der Waals surface area contributed by atoms with E-state index in [0.29, 0.717) is 6.61 Å². The van der Waals surface area contributed by atoms with Gasteiger partial charge in [0.05, 0.1) is 19.9 Å². The first-order valence-electron chi connectivity index (χ1n) is 9.08. The molecule has 0 aliphatic heterocycles. The van der Waals surface area contributed by atoms with Crippen LogP contribution in [0.1, 0.15) is 11.1 Å². The van der Waals surface area contributed by atoms with Crippen molar-refractivity contribution < 1.29 is 9.53 Å². The number of amides is 1. The van der Waals surface area contributed by atoms with Crippen molar-refractivity contribution >= 4 is 94.9 Å². The molecule has 0 unspecified atom stereocenters. The summed E-state index contributed by atoms with van der Waals surface area (Å²) in [7, 11) is 0. The molecule has 0 saturated heterocycles. The molecule has 3 rings (SSSR count). The second-order valence-corrected chi connectivity index (χ2v) is 10.5. The predicted octanol–water partition coefficient (Wildman–Crippen LogP) is 6.56. The minimum Gasteiger partial charge on any atom is -0.487 e. The number of benzene rings is 3. The molecule has 31 heavy (non-hydrogen) atoms. The zero-order valence-corrected chi connectivity index (χ0v) is 23.5. The van der Waals surface area contributed by atoms with Crippen LogP contribution in [-0.4, -0.2) is 18.7 Å². The smallest absolute Gasteiger partial charge is 0.259 e. The number of carbonyl (C=O) groups excluding carboxylic acids is 1. The molecule has 3 aromatic rings. The fraction of sp³-hybridized carbons (Fsp3) is 0.0909. The predicted molar refractivity (Wildman–Crippen MR) is 149 cm³/mol. The third-order valence-corrected chi connectivity index (χ3v) is 6.68. The second-order valence-electron chi connectivity index (χ2n) is 6.38. The molecule has 3 aromatic carbocycles. The van der Waals surface area contributed by atoms with Crippen molar-refractivity contribution in [3.8, 4) is 5.75 Å². The molecule has 0 bridgehead atoms. The van der Waals surface area contributed by atoms with E-state index in [2.05, 4.69) is 92.9 Å². The van der Waals surface area contributed by atoms with Crippen molar-refractivity contribution in [2.24, 2.45) is 5.10 Å². The molecule has 0 fully saturated rings. The van der Waals surface area contributed by atoms with Gasteiger partial charge in [-0.3, -0.25) is 4.79 Å². The van der Waals surface area contributed by atoms with Gasteiger partial charge in [-0.15, -0.1) is 0 Å². The second kappa shape index (κ2) is 12.2. The van der Waals surface area contributed by atoms with Crippen LogP contribution in [0.3, 0.4) is 0 Å². The highest BCUT2D eigenvalue weighted by atomic mass is 127. The van der Waals surface area contributed by atoms with Crippen molar-refractivity contribution in [2.45, 2.75) is 6.61 Å². The number of ether oxygens (including phenoxy) is 1. The Morgan fingerprint density at radius 3 is 2.16 bits per heavy atom. The van der Waals surface area contributed by atoms with Crippen molar-refractivity contribution in [3.05, 3.63) is 87.9 Å². The number of carbonyl (C=O) groups is 1. The molecule has 1 amide bonds. The van der Waals surface area contributed by atoms with E-state index in [4.69, 9.17) is 4.74 Å². The van der Waals surface area contributed by atoms with Gasteiger partial charge in [-0.1, -0.05) is 44.0 Å². The first-order valence-corrected chi connectivity index (χ1v) is 12.8. The van der Waals surface area contributed by atoms with Crippen molar-refractivity contribution in [2.75, 3.05) is 11.9 Å². The van der Waals surface area contributed by atoms with Gasteiger partial charge in [0.25, 0.3) is 5.91 Å². The maximum Gasteiger partial charge on any atom is 0.259 e. The van der Waals surface area contributed by atoms with E-state index in [1.54, 1.807) is 6.21 Å². The van der Waals surface area contributed by atoms with E-state index >= 15 is 0 Å². The Hall–Kier alpha value is -1.18. The van der Waals surface area contributed by atoms with Gasteiger partial charge in [0, 0.05) is 14.6 Å². The van der Waals surface area contributed by atoms with E-state index in [0.717, 1.165) is 38.6 Å². The maximum absolute atomic E-state index is 12.0. The molecular weight excluding hydrogens is 752 g/mol. The minimum absolute atomic E-state index is 0.136. The number of rotatable bonds is 8. The number of hydrogen-bond donors (Lipinski definition) is 2. The summed E-state index contributed by atoms with van der Waals surface area (Å²) in [5.74, 6) is 0.613. The normalized spacial score (nSPS) is 10.8. The Kier molecular flexibility index (Phi) is 9.60. The third kappa shape index (κ3) is 8.03. The zero-order valence-electron chi connectivity index (χ0n) is 16.0. The fourth-order valence-corrected chi connectivity index (χ4v) is 5.15. The molecule has 0 aliphatic rings. The van der Waals surface area contributed by atoms with Crippen LogP contribution in [0, 0.1) is 7.14 Å². The summed E-state index contributed by atoms with van der Waals surface area (Å²) in [5, 5.41) is 7.11. The Bertz CT molecular complexity index is 1050. The SMILES string of the molecule is O=C(CNc1ccc(Br)cc1)N/N=C\c1cc(I)c(OCc2ccc(Br)cc2)c(I)c1. The van der Waals surface area contributed by atoms with Gasteiger partial charge < -0.3 is 10.1 Å². The van der Waals surface area contributed by atoms with E-state index in [1.807, 2.05) is 60.7 Å². The van der Waals surface area contributed by atoms with Gasteiger partial charge >= 0.3 is 0 Å². The van der Waals surface area contributed by atoms with Crippen LogP contribution < -0.4 is 15.5 Å². The number of nitrogens with one attached hydrogen (secondary N) is 2. The highest BCUT2D eigenvalue weighted by molar-refractivity contribution is 14.1. The van der Waals surface area contributed by atoms with E-state index < -0.39 is 0 Å². The van der Waals surface area contributed by atoms with Crippen LogP contribution in [-0.2, 0) is 11.4 Å². The topological polar surface area (TPSA) is 62.7 Å². The van der Waals surface area contributed by atoms with Crippen LogP contribution in [0.15, 0.2) is 74.7 Å². The molecule has 0 radical (unpaired) electrons. The molecule has 9 heteroatoms. The third-order valence-electron chi connectivity index (χ3n) is 4.02. The number of hydrazone groups is 1. The summed E-state index contributed by atoms with van der Waals surface area (Å²) in [6.45, 7) is 0.630. The van der Waals surface area contributed by atoms with E-state index in [9.17, 15) is 4.79 Å². The standard InChI is InChI=1S/C22H17Br2I2N3O2/c23-16-3-1-14(2-4-16)13-31-22-19(25)9-15(10-20(22)26)11-28-29-21(30)12-27-18-7-5-17(24)6-8-18/h1-11,27H,12-13H2,(H,29,30)/b28-11-. The number of hydrogen-bond acceptors (Lipinski definition) is 4. The van der Waals surface area contributed by atoms with Crippen molar-refractivity contribution in [1.29, 1.82) is 0 Å². The van der Waals surface area contributed by atoms with Crippen LogP contribution in [0.5, 0.6) is 5.75 Å². The van der Waals surface area contributed by atoms with Gasteiger partial charge in [0.15, 0.2) is 0 Å². The van der Waals surface area contributed by atoms with Crippen molar-refractivity contribution in [3.63, 3.8) is 0 Å². The summed E-state index contributed by atoms with van der Waals surface area (Å²) in [6.07, 6.45) is 1.63. The maximum atomic E-state index is 12.0. The highest BCUT2D eigenvalue weighted by Crippen LogP contribution is 2.29. The highest BCUT2D eigenvalue weighted by Gasteiger charge is 2.09. The summed E-state index contributed by atoms with van der Waals surface area (Å²) < 4.78 is 10.0. The molecular formula is C22H17Br2I2N3O2. The van der Waals surface area contributed by atoms with Crippen LogP contribution >= 0.6 is 77.0 Å². The lowest BCUT2D eigenvalue weighted by Gasteiger charge is -2.11. The molecule has 0 aromatic heterocycles. The number of halogens is 4. The largest absolute Gasteiger partial charge is 0.487 e. The quantitative estimate of drug-likeness (QED) is 0.155. The lowest BCUT2D eigenvalue weighted by Crippen LogP contribution is -2.25. The van der Waals surface area contributed by atoms with E-state index in [-0.39, 0.29) is 12.5 Å². The number of nitrogens with zero attached hydrogens (tertiary/aromatic N) is 1. The average Bonchev–Trinajstić information content (AvgIpc) is 2.74. The fourth-order valence-electron chi connectivity index (χ4n) is 2.50. The molecule has 0 heterocycles. The van der Waals surface area contributed by atoms with E-state index in [1.165, 1.54) is 0 Å². The first-order chi connectivity index (χ1) is 14.9. The van der Waals surface area contributed by atoms with Gasteiger partial charge in [-0.2, -0.15) is 5.10 Å². The van der Waals surface area contributed by atoms with Gasteiger partial charge in [-0.05, 0) is 105 Å². The summed E-state index contributed by atoms with van der Waals surface area (Å²) in [4.78, 5) is 12.0. The zero-order chi connectivity index (χ0) is 22.2. The monoisotopic (exact) mass is 767 g/mol. The summed E-state index contributed by atoms with van der Waals surface area (Å²) >= 11 is 11.3. The van der Waals surface area contributed by atoms with Gasteiger partial charge in [-0.25, -0.2) is 5.43 Å². The Labute approximate surface area is 225 Å². The first kappa shape index (κ1) is 24.5. The molecule has 0 spiro atoms. The molecule has 5 nitrogen and oxygen atoms in total. The molecule has 0 aliphatic carbocycles. The molecule has 2 N–H and O–H groups in total. The lowest BCUT2D eigenvalue weighted by atomic mass is 10.2. The number of anilines is 1. The lowest BCUT2D eigenvalue weighted by molar-refractivity contribution is -0.119. The molecule has 160 valence electrons. The Morgan fingerprint density at radius 2 is 1.55 bits per heavy atom. The van der Waals surface area contributed by atoms with Gasteiger partial charge in [0.1, 0.15) is 12.4 Å². The van der Waals surface area contributed by atoms with Gasteiger partial charge in [0.2, 0.25) is 0 Å². The van der Waals surface area contributed by atoms with Crippen LogP contribution in [0.4, 0.5) is 5.69 Å². The van der Waals surface area contributed by atoms with Crippen LogP contribution in [0.25, 0.3) is 0 Å². The summed E-state index contributed by atoms with van der Waals surface area (Å²) in [5.41, 5.74) is 5.38. The molecule has 0 atom stereocenters. The summed E-state index contributed by atoms with van der Waals surface area (Å²) in [6, 6.07) is 19.6. The molecule has 0 saturated carbocycles. The Morgan fingerprint density at radius 1 is 0.968 bits per heavy atom. The van der Waals surface area contributed by atoms with Crippen molar-refractivity contribution in [1.82, 2.24) is 5.43 Å². The Balaban J connectivity index is 1.52. The minimum atomic E-state index is -0.224. The average molecular weight is 769 g/mol. The van der Waals surface area contributed by atoms with Crippen LogP contribution in [0.2, 0.25) is 0 Å².